The van der Waals surface area contributed by atoms with Gasteiger partial charge < -0.3 is 14.3 Å². The Balaban J connectivity index is 1.10. The summed E-state index contributed by atoms with van der Waals surface area (Å²) in [7, 11) is 0. The van der Waals surface area contributed by atoms with Gasteiger partial charge >= 0.3 is 0 Å². The van der Waals surface area contributed by atoms with E-state index in [9.17, 15) is 0 Å². The summed E-state index contributed by atoms with van der Waals surface area (Å²) in [4.78, 5) is 10.3. The highest BCUT2D eigenvalue weighted by Gasteiger charge is 2.23. The maximum Gasteiger partial charge on any atom is 0.169 e. The van der Waals surface area contributed by atoms with Crippen LogP contribution in [-0.4, -0.2) is 16.2 Å². The van der Waals surface area contributed by atoms with Gasteiger partial charge in [-0.2, -0.15) is 0 Å². The molecule has 0 radical (unpaired) electrons. The van der Waals surface area contributed by atoms with Crippen LogP contribution in [0, 0.1) is 0 Å². The molecule has 1 aliphatic heterocycles. The van der Waals surface area contributed by atoms with Crippen LogP contribution in [0.2, 0.25) is 0 Å². The third-order valence-corrected chi connectivity index (χ3v) is 9.90. The van der Waals surface area contributed by atoms with Crippen molar-refractivity contribution < 1.29 is 4.42 Å². The van der Waals surface area contributed by atoms with Crippen molar-refractivity contribution in [3.05, 3.63) is 174 Å². The summed E-state index contributed by atoms with van der Waals surface area (Å²) in [5.41, 5.74) is 10.7. The molecule has 1 unspecified atom stereocenters. The monoisotopic (exact) mass is 644 g/mol. The number of aromatic nitrogens is 1. The van der Waals surface area contributed by atoms with Gasteiger partial charge in [0.2, 0.25) is 0 Å². The van der Waals surface area contributed by atoms with Gasteiger partial charge in [-0.1, -0.05) is 115 Å². The number of amidine groups is 2. The normalized spacial score (nSPS) is 16.1. The minimum atomic E-state index is -0.362. The Morgan fingerprint density at radius 2 is 1.30 bits per heavy atom. The molecule has 6 aromatic carbocycles. The van der Waals surface area contributed by atoms with Gasteiger partial charge in [0.1, 0.15) is 22.8 Å². The molecule has 2 aliphatic rings. The second kappa shape index (κ2) is 11.6. The number of benzene rings is 6. The Morgan fingerprint density at radius 1 is 0.600 bits per heavy atom. The van der Waals surface area contributed by atoms with Crippen molar-refractivity contribution in [3.8, 4) is 16.8 Å². The van der Waals surface area contributed by atoms with E-state index >= 15 is 0 Å². The van der Waals surface area contributed by atoms with Crippen LogP contribution in [0.5, 0.6) is 0 Å². The SMILES string of the molecule is C1=CCCC(C2=NC(c3cccc(-c4cccc(-n5c6cccc7oc8ccccc8c8cccc5c8c76)c4)c3)N=C(c3ccccc3)N2)=C1. The summed E-state index contributed by atoms with van der Waals surface area (Å²) in [5.74, 6) is 1.73. The summed E-state index contributed by atoms with van der Waals surface area (Å²) in [5, 5.41) is 8.19. The first kappa shape index (κ1) is 28.5. The van der Waals surface area contributed by atoms with Crippen LogP contribution in [0.15, 0.2) is 178 Å². The van der Waals surface area contributed by atoms with E-state index in [4.69, 9.17) is 14.4 Å². The van der Waals surface area contributed by atoms with Gasteiger partial charge in [0.15, 0.2) is 6.17 Å². The number of allylic oxidation sites excluding steroid dienone is 3. The number of rotatable bonds is 5. The lowest BCUT2D eigenvalue weighted by molar-refractivity contribution is 0.664. The largest absolute Gasteiger partial charge is 0.456 e. The summed E-state index contributed by atoms with van der Waals surface area (Å²) >= 11 is 0. The zero-order valence-electron chi connectivity index (χ0n) is 27.3. The fourth-order valence-electron chi connectivity index (χ4n) is 7.57. The molecule has 3 heterocycles. The predicted octanol–water partition coefficient (Wildman–Crippen LogP) is 11.1. The third-order valence-electron chi connectivity index (χ3n) is 9.90. The van der Waals surface area contributed by atoms with Crippen molar-refractivity contribution >= 4 is 55.4 Å². The molecular formula is C45H32N4O. The molecule has 2 aromatic heterocycles. The van der Waals surface area contributed by atoms with E-state index in [-0.39, 0.29) is 6.17 Å². The van der Waals surface area contributed by atoms with Gasteiger partial charge in [-0.25, -0.2) is 9.98 Å². The van der Waals surface area contributed by atoms with E-state index in [0.717, 1.165) is 85.4 Å². The van der Waals surface area contributed by atoms with Gasteiger partial charge in [0.05, 0.1) is 16.4 Å². The number of nitrogens with one attached hydrogen (secondary N) is 1. The van der Waals surface area contributed by atoms with Crippen molar-refractivity contribution in [1.29, 1.82) is 0 Å². The van der Waals surface area contributed by atoms with E-state index in [2.05, 4.69) is 143 Å². The summed E-state index contributed by atoms with van der Waals surface area (Å²) in [6.45, 7) is 0. The average molecular weight is 645 g/mol. The zero-order valence-corrected chi connectivity index (χ0v) is 27.3. The van der Waals surface area contributed by atoms with E-state index < -0.39 is 0 Å². The van der Waals surface area contributed by atoms with Gasteiger partial charge in [0, 0.05) is 22.0 Å². The first-order valence-electron chi connectivity index (χ1n) is 17.2. The summed E-state index contributed by atoms with van der Waals surface area (Å²) in [6, 6.07) is 49.1. The Labute approximate surface area is 289 Å². The van der Waals surface area contributed by atoms with E-state index in [0.29, 0.717) is 0 Å². The molecule has 8 aromatic rings. The van der Waals surface area contributed by atoms with Crippen molar-refractivity contribution in [2.75, 3.05) is 0 Å². The molecule has 10 rings (SSSR count). The Kier molecular flexibility index (Phi) is 6.62. The van der Waals surface area contributed by atoms with Crippen LogP contribution in [0.25, 0.3) is 60.6 Å². The fraction of sp³-hybridized carbons (Fsp3) is 0.0667. The number of hydrogen-bond acceptors (Lipinski definition) is 4. The Bertz CT molecular complexity index is 2740. The summed E-state index contributed by atoms with van der Waals surface area (Å²) < 4.78 is 8.94. The maximum absolute atomic E-state index is 6.57. The zero-order chi connectivity index (χ0) is 33.0. The molecule has 5 nitrogen and oxygen atoms in total. The molecule has 50 heavy (non-hydrogen) atoms. The second-order valence-corrected chi connectivity index (χ2v) is 12.9. The number of fused-ring (bicyclic) bond motifs is 2. The van der Waals surface area contributed by atoms with Crippen LogP contribution in [-0.2, 0) is 0 Å². The first-order valence-corrected chi connectivity index (χ1v) is 17.2. The highest BCUT2D eigenvalue weighted by atomic mass is 16.3. The predicted molar refractivity (Wildman–Crippen MR) is 206 cm³/mol. The van der Waals surface area contributed by atoms with Crippen LogP contribution in [0.3, 0.4) is 0 Å². The molecule has 0 saturated heterocycles. The van der Waals surface area contributed by atoms with E-state index in [1.165, 1.54) is 16.3 Å². The molecule has 0 amide bonds. The highest BCUT2D eigenvalue weighted by Crippen LogP contribution is 2.41. The summed E-state index contributed by atoms with van der Waals surface area (Å²) in [6.07, 6.45) is 8.09. The maximum atomic E-state index is 6.57. The Hall–Kier alpha value is -6.46. The van der Waals surface area contributed by atoms with Gasteiger partial charge in [-0.05, 0) is 83.0 Å². The number of nitrogens with zero attached hydrogens (tertiary/aromatic N) is 3. The molecule has 238 valence electrons. The fourth-order valence-corrected chi connectivity index (χ4v) is 7.57. The van der Waals surface area contributed by atoms with Crippen LogP contribution in [0.1, 0.15) is 30.1 Å². The molecule has 0 fully saturated rings. The molecule has 1 N–H and O–H groups in total. The van der Waals surface area contributed by atoms with E-state index in [1.54, 1.807) is 0 Å². The smallest absolute Gasteiger partial charge is 0.169 e. The van der Waals surface area contributed by atoms with Crippen molar-refractivity contribution in [3.63, 3.8) is 0 Å². The number of hydrogen-bond donors (Lipinski definition) is 1. The lowest BCUT2D eigenvalue weighted by Crippen LogP contribution is -2.36. The van der Waals surface area contributed by atoms with Gasteiger partial charge in [0.25, 0.3) is 0 Å². The van der Waals surface area contributed by atoms with Crippen molar-refractivity contribution in [1.82, 2.24) is 9.88 Å². The van der Waals surface area contributed by atoms with Crippen molar-refractivity contribution in [2.24, 2.45) is 9.98 Å². The molecule has 0 saturated carbocycles. The highest BCUT2D eigenvalue weighted by molar-refractivity contribution is 6.26. The number of aliphatic imine (C=N–C) groups is 2. The lowest BCUT2D eigenvalue weighted by Gasteiger charge is -2.24. The third kappa shape index (κ3) is 4.70. The Morgan fingerprint density at radius 3 is 2.18 bits per heavy atom. The minimum Gasteiger partial charge on any atom is -0.456 e. The van der Waals surface area contributed by atoms with Crippen LogP contribution < -0.4 is 5.32 Å². The quantitative estimate of drug-likeness (QED) is 0.203. The minimum absolute atomic E-state index is 0.362. The van der Waals surface area contributed by atoms with Crippen molar-refractivity contribution in [2.45, 2.75) is 19.0 Å². The van der Waals surface area contributed by atoms with Crippen LogP contribution >= 0.6 is 0 Å². The standard InChI is InChI=1S/C45H32N4O/c1-3-13-29(14-4-1)43-46-44(30-15-5-2-6-16-30)48-45(47-43)33-19-9-17-31(27-33)32-18-10-20-34(28-32)49-37-23-11-22-36-35-21-7-8-25-39(35)50-40-26-12-24-38(49)42(40)41(36)37/h1-5,7-15,17-28,45H,6,16H2,(H,46,47,48). The first-order chi connectivity index (χ1) is 24.8. The molecular weight excluding hydrogens is 613 g/mol. The topological polar surface area (TPSA) is 54.8 Å². The molecule has 1 atom stereocenters. The van der Waals surface area contributed by atoms with Gasteiger partial charge in [-0.15, -0.1) is 0 Å². The number of para-hydroxylation sites is 1. The molecule has 0 spiro atoms. The lowest BCUT2D eigenvalue weighted by atomic mass is 10.00. The molecule has 5 heteroatoms. The van der Waals surface area contributed by atoms with E-state index in [1.807, 2.05) is 24.3 Å². The molecule has 0 bridgehead atoms. The molecule has 1 aliphatic carbocycles. The second-order valence-electron chi connectivity index (χ2n) is 12.9. The van der Waals surface area contributed by atoms with Gasteiger partial charge in [-0.3, -0.25) is 0 Å². The van der Waals surface area contributed by atoms with Crippen LogP contribution in [0.4, 0.5) is 0 Å². The average Bonchev–Trinajstić information content (AvgIpc) is 3.46.